The van der Waals surface area contributed by atoms with Crippen LogP contribution < -0.4 is 15.4 Å². The predicted octanol–water partition coefficient (Wildman–Crippen LogP) is 3.99. The monoisotopic (exact) mass is 324 g/mol. The van der Waals surface area contributed by atoms with Crippen LogP contribution in [0.3, 0.4) is 0 Å². The van der Waals surface area contributed by atoms with E-state index in [9.17, 15) is 4.79 Å². The van der Waals surface area contributed by atoms with Gasteiger partial charge < -0.3 is 15.4 Å². The van der Waals surface area contributed by atoms with Crippen LogP contribution in [0.25, 0.3) is 0 Å². The second kappa shape index (κ2) is 6.95. The van der Waals surface area contributed by atoms with E-state index in [0.29, 0.717) is 0 Å². The quantitative estimate of drug-likeness (QED) is 0.893. The molecule has 0 bridgehead atoms. The molecule has 1 heterocycles. The highest BCUT2D eigenvalue weighted by molar-refractivity contribution is 5.89. The molecule has 0 saturated heterocycles. The van der Waals surface area contributed by atoms with Crippen LogP contribution in [0, 0.1) is 13.8 Å². The number of carbonyl (C=O) groups is 1. The first-order chi connectivity index (χ1) is 11.5. The third-order valence-electron chi connectivity index (χ3n) is 4.15. The summed E-state index contributed by atoms with van der Waals surface area (Å²) in [5.41, 5.74) is 5.59. The Morgan fingerprint density at radius 2 is 1.92 bits per heavy atom. The normalized spacial score (nSPS) is 13.8. The molecule has 2 aromatic rings. The molecule has 4 nitrogen and oxygen atoms in total. The fourth-order valence-corrected chi connectivity index (χ4v) is 3.21. The van der Waals surface area contributed by atoms with Crippen molar-refractivity contribution in [3.63, 3.8) is 0 Å². The molecule has 126 valence electrons. The average Bonchev–Trinajstić information content (AvgIpc) is 2.93. The smallest absolute Gasteiger partial charge is 0.319 e. The number of aryl methyl sites for hydroxylation is 2. The van der Waals surface area contributed by atoms with Crippen LogP contribution in [0.1, 0.15) is 29.2 Å². The molecule has 1 unspecified atom stereocenters. The van der Waals surface area contributed by atoms with Crippen LogP contribution >= 0.6 is 0 Å². The van der Waals surface area contributed by atoms with Gasteiger partial charge in [-0.15, -0.1) is 0 Å². The van der Waals surface area contributed by atoms with Gasteiger partial charge in [-0.05, 0) is 67.6 Å². The number of benzene rings is 2. The fraction of sp³-hybridized carbons (Fsp3) is 0.350. The van der Waals surface area contributed by atoms with Crippen molar-refractivity contribution in [3.8, 4) is 5.75 Å². The zero-order chi connectivity index (χ0) is 17.1. The van der Waals surface area contributed by atoms with E-state index in [1.165, 1.54) is 11.1 Å². The molecule has 0 spiro atoms. The molecule has 0 aromatic heterocycles. The van der Waals surface area contributed by atoms with Crippen LogP contribution in [0.15, 0.2) is 36.4 Å². The van der Waals surface area contributed by atoms with Crippen LogP contribution in [-0.2, 0) is 12.8 Å². The summed E-state index contributed by atoms with van der Waals surface area (Å²) in [7, 11) is 0. The number of urea groups is 1. The Balaban J connectivity index is 1.56. The van der Waals surface area contributed by atoms with Crippen molar-refractivity contribution in [1.82, 2.24) is 5.32 Å². The van der Waals surface area contributed by atoms with E-state index in [0.717, 1.165) is 42.0 Å². The molecular weight excluding hydrogens is 300 g/mol. The summed E-state index contributed by atoms with van der Waals surface area (Å²) in [5, 5.41) is 5.91. The molecule has 1 aliphatic rings. The van der Waals surface area contributed by atoms with Gasteiger partial charge in [-0.3, -0.25) is 0 Å². The molecule has 2 aromatic carbocycles. The summed E-state index contributed by atoms with van der Waals surface area (Å²) in [5.74, 6) is 0.993. The summed E-state index contributed by atoms with van der Waals surface area (Å²) in [6.07, 6.45) is 1.77. The first kappa shape index (κ1) is 16.4. The fourth-order valence-electron chi connectivity index (χ4n) is 3.21. The number of hydrogen-bond donors (Lipinski definition) is 2. The lowest BCUT2D eigenvalue weighted by Crippen LogP contribution is -2.37. The van der Waals surface area contributed by atoms with Crippen LogP contribution in [0.4, 0.5) is 10.5 Å². The number of rotatable bonds is 4. The van der Waals surface area contributed by atoms with Gasteiger partial charge in [-0.25, -0.2) is 4.79 Å². The first-order valence-corrected chi connectivity index (χ1v) is 8.40. The Morgan fingerprint density at radius 3 is 2.67 bits per heavy atom. The van der Waals surface area contributed by atoms with Crippen molar-refractivity contribution in [2.75, 3.05) is 11.9 Å². The summed E-state index contributed by atoms with van der Waals surface area (Å²) in [4.78, 5) is 12.2. The average molecular weight is 324 g/mol. The van der Waals surface area contributed by atoms with Gasteiger partial charge in [-0.2, -0.15) is 0 Å². The highest BCUT2D eigenvalue weighted by Crippen LogP contribution is 2.26. The largest absolute Gasteiger partial charge is 0.493 e. The predicted molar refractivity (Wildman–Crippen MR) is 96.9 cm³/mol. The summed E-state index contributed by atoms with van der Waals surface area (Å²) >= 11 is 0. The lowest BCUT2D eigenvalue weighted by Gasteiger charge is -2.16. The minimum Gasteiger partial charge on any atom is -0.493 e. The molecule has 2 N–H and O–H groups in total. The third kappa shape index (κ3) is 4.07. The Kier molecular flexibility index (Phi) is 4.74. The highest BCUT2D eigenvalue weighted by atomic mass is 16.5. The van der Waals surface area contributed by atoms with Crippen molar-refractivity contribution in [2.45, 2.75) is 39.7 Å². The molecule has 0 saturated carbocycles. The van der Waals surface area contributed by atoms with Gasteiger partial charge in [0.25, 0.3) is 0 Å². The molecule has 0 radical (unpaired) electrons. The summed E-state index contributed by atoms with van der Waals surface area (Å²) < 4.78 is 5.53. The van der Waals surface area contributed by atoms with Gasteiger partial charge in [0.15, 0.2) is 0 Å². The van der Waals surface area contributed by atoms with Gasteiger partial charge in [-0.1, -0.05) is 18.2 Å². The number of anilines is 1. The van der Waals surface area contributed by atoms with E-state index in [4.69, 9.17) is 4.74 Å². The van der Waals surface area contributed by atoms with E-state index in [-0.39, 0.29) is 12.1 Å². The van der Waals surface area contributed by atoms with Gasteiger partial charge in [0.1, 0.15) is 5.75 Å². The Labute approximate surface area is 143 Å². The molecule has 2 amide bonds. The zero-order valence-electron chi connectivity index (χ0n) is 14.5. The number of hydrogen-bond acceptors (Lipinski definition) is 2. The molecule has 1 atom stereocenters. The van der Waals surface area contributed by atoms with Gasteiger partial charge in [0, 0.05) is 18.2 Å². The zero-order valence-corrected chi connectivity index (χ0v) is 14.5. The topological polar surface area (TPSA) is 50.4 Å². The number of fused-ring (bicyclic) bond motifs is 1. The van der Waals surface area contributed by atoms with Crippen LogP contribution in [-0.4, -0.2) is 18.7 Å². The molecule has 0 aliphatic carbocycles. The van der Waals surface area contributed by atoms with Gasteiger partial charge in [0.2, 0.25) is 0 Å². The lowest BCUT2D eigenvalue weighted by molar-refractivity contribution is 0.249. The maximum atomic E-state index is 12.2. The van der Waals surface area contributed by atoms with E-state index in [2.05, 4.69) is 28.8 Å². The van der Waals surface area contributed by atoms with E-state index in [1.807, 2.05) is 39.0 Å². The van der Waals surface area contributed by atoms with Crippen molar-refractivity contribution in [2.24, 2.45) is 0 Å². The van der Waals surface area contributed by atoms with Crippen LogP contribution in [0.5, 0.6) is 5.75 Å². The molecule has 24 heavy (non-hydrogen) atoms. The Morgan fingerprint density at radius 1 is 1.17 bits per heavy atom. The Bertz CT molecular complexity index is 735. The first-order valence-electron chi connectivity index (χ1n) is 8.40. The third-order valence-corrected chi connectivity index (χ3v) is 4.15. The summed E-state index contributed by atoms with van der Waals surface area (Å²) in [6.45, 7) is 6.84. The molecule has 0 fully saturated rings. The van der Waals surface area contributed by atoms with Crippen molar-refractivity contribution in [1.29, 1.82) is 0 Å². The van der Waals surface area contributed by atoms with E-state index in [1.54, 1.807) is 0 Å². The van der Waals surface area contributed by atoms with Gasteiger partial charge >= 0.3 is 6.03 Å². The second-order valence-corrected chi connectivity index (χ2v) is 6.62. The number of amides is 2. The standard InChI is InChI=1S/C20H24N2O2/c1-13-8-14(2)10-18(9-13)22-20(23)21-15(3)11-16-4-5-19-17(12-16)6-7-24-19/h4-5,8-10,12,15H,6-7,11H2,1-3H3,(H2,21,22,23). The molecule has 1 aliphatic heterocycles. The maximum Gasteiger partial charge on any atom is 0.319 e. The number of carbonyl (C=O) groups excluding carboxylic acids is 1. The maximum absolute atomic E-state index is 12.2. The van der Waals surface area contributed by atoms with E-state index < -0.39 is 0 Å². The SMILES string of the molecule is Cc1cc(C)cc(NC(=O)NC(C)Cc2ccc3c(c2)CCO3)c1. The van der Waals surface area contributed by atoms with Crippen LogP contribution in [0.2, 0.25) is 0 Å². The molecular formula is C20H24N2O2. The van der Waals surface area contributed by atoms with Crippen molar-refractivity contribution >= 4 is 11.7 Å². The number of ether oxygens (including phenoxy) is 1. The number of nitrogens with one attached hydrogen (secondary N) is 2. The second-order valence-electron chi connectivity index (χ2n) is 6.62. The van der Waals surface area contributed by atoms with Gasteiger partial charge in [0.05, 0.1) is 6.61 Å². The highest BCUT2D eigenvalue weighted by Gasteiger charge is 2.14. The van der Waals surface area contributed by atoms with E-state index >= 15 is 0 Å². The Hall–Kier alpha value is -2.49. The van der Waals surface area contributed by atoms with Crippen molar-refractivity contribution < 1.29 is 9.53 Å². The lowest BCUT2D eigenvalue weighted by atomic mass is 10.0. The molecule has 4 heteroatoms. The summed E-state index contributed by atoms with van der Waals surface area (Å²) in [6, 6.07) is 12.2. The minimum atomic E-state index is -0.169. The van der Waals surface area contributed by atoms with Crippen molar-refractivity contribution in [3.05, 3.63) is 58.7 Å². The molecule has 3 rings (SSSR count). The minimum absolute atomic E-state index is 0.0521.